The van der Waals surface area contributed by atoms with Crippen molar-refractivity contribution in [1.82, 2.24) is 44.9 Å². The van der Waals surface area contributed by atoms with E-state index < -0.39 is 12.1 Å². The van der Waals surface area contributed by atoms with Crippen molar-refractivity contribution in [2.45, 2.75) is 154 Å². The Hall–Kier alpha value is -6.60. The molecule has 2 saturated carbocycles. The van der Waals surface area contributed by atoms with Crippen LogP contribution in [0.25, 0.3) is 11.0 Å². The molecule has 5 aromatic rings. The molecule has 4 aromatic heterocycles. The Morgan fingerprint density at radius 3 is 2.32 bits per heavy atom. The van der Waals surface area contributed by atoms with Crippen molar-refractivity contribution < 1.29 is 28.7 Å². The number of aromatic nitrogens is 5. The number of likely N-dealkylation sites (tertiary alicyclic amines) is 1. The number of anilines is 3. The second-order valence-electron chi connectivity index (χ2n) is 21.4. The van der Waals surface area contributed by atoms with Crippen LogP contribution in [0.4, 0.5) is 17.5 Å². The molecule has 4 aliphatic rings. The van der Waals surface area contributed by atoms with Crippen molar-refractivity contribution in [3.63, 3.8) is 0 Å². The lowest BCUT2D eigenvalue weighted by Crippen LogP contribution is -2.55. The highest BCUT2D eigenvalue weighted by molar-refractivity contribution is 7.10. The quantitative estimate of drug-likeness (QED) is 0.0437. The first-order valence-electron chi connectivity index (χ1n) is 28.1. The van der Waals surface area contributed by atoms with Gasteiger partial charge in [0, 0.05) is 67.7 Å². The van der Waals surface area contributed by atoms with Crippen LogP contribution in [0.3, 0.4) is 0 Å². The topological polar surface area (TPSA) is 214 Å². The SMILES string of the molecule is CNC(C)C(=O)NC(C(=O)N1CCC[C@H]1c1nc(C(=O)c2cccc(OCCCCCCCC(=O)N3CCN(c4ccc(Nc5ncc6c(C)c(C(C)=O)c(=O)n(C7CCCC7)c6n5)nc4)CC3)c2)cs1)C1CCCCC1. The number of ketones is 2. The molecule has 2 aliphatic heterocycles. The zero-order valence-electron chi connectivity index (χ0n) is 45.2. The third-order valence-corrected chi connectivity index (χ3v) is 17.2. The maximum Gasteiger partial charge on any atom is 0.263 e. The van der Waals surface area contributed by atoms with E-state index in [1.165, 1.54) is 18.3 Å². The Morgan fingerprint density at radius 1 is 0.831 bits per heavy atom. The Kier molecular flexibility index (Phi) is 18.4. The minimum absolute atomic E-state index is 0.00582. The Balaban J connectivity index is 0.675. The first kappa shape index (κ1) is 55.2. The molecule has 3 atom stereocenters. The molecule has 410 valence electrons. The molecule has 9 rings (SSSR count). The Morgan fingerprint density at radius 2 is 1.58 bits per heavy atom. The highest BCUT2D eigenvalue weighted by Crippen LogP contribution is 2.37. The number of hydrogen-bond acceptors (Lipinski definition) is 15. The maximum atomic E-state index is 14.2. The summed E-state index contributed by atoms with van der Waals surface area (Å²) in [4.78, 5) is 105. The highest BCUT2D eigenvalue weighted by Gasteiger charge is 2.40. The summed E-state index contributed by atoms with van der Waals surface area (Å²) >= 11 is 1.41. The van der Waals surface area contributed by atoms with Crippen molar-refractivity contribution in [3.8, 4) is 5.75 Å². The average Bonchev–Trinajstić information content (AvgIpc) is 4.29. The standard InChI is InChI=1S/C58H75N11O7S/c1-37-45-35-61-58(65-53(45)69(42-20-12-13-21-42)56(74)50(37)39(3)70)63-48-26-25-43(34-60-48)66-28-30-67(31-29-66)49(71)24-11-6-5-7-14-32-76-44-22-15-19-41(33-44)52(72)46-36-77-55(62-46)47-23-16-27-68(47)57(75)51(40-17-9-8-10-18-40)64-54(73)38(2)59-4/h15,19,22,25-26,33-36,38,40,42,47,51,59H,5-14,16-18,20-21,23-24,27-32H2,1-4H3,(H,64,73)(H,60,61,63,65)/t38?,47-,51?/m0/s1. The second-order valence-corrected chi connectivity index (χ2v) is 22.3. The smallest absolute Gasteiger partial charge is 0.263 e. The van der Waals surface area contributed by atoms with Gasteiger partial charge in [0.25, 0.3) is 5.56 Å². The largest absolute Gasteiger partial charge is 0.494 e. The lowest BCUT2D eigenvalue weighted by atomic mass is 9.83. The number of likely N-dealkylation sites (N-methyl/N-ethyl adjacent to an activating group) is 1. The number of thiazole rings is 1. The van der Waals surface area contributed by atoms with Crippen molar-refractivity contribution in [3.05, 3.63) is 91.9 Å². The minimum atomic E-state index is -0.578. The summed E-state index contributed by atoms with van der Waals surface area (Å²) in [7, 11) is 1.74. The van der Waals surface area contributed by atoms with Crippen molar-refractivity contribution in [2.75, 3.05) is 56.6 Å². The van der Waals surface area contributed by atoms with Crippen LogP contribution >= 0.6 is 11.3 Å². The Labute approximate surface area is 455 Å². The molecule has 77 heavy (non-hydrogen) atoms. The van der Waals surface area contributed by atoms with Crippen molar-refractivity contribution in [1.29, 1.82) is 0 Å². The first-order chi connectivity index (χ1) is 37.4. The molecule has 1 aromatic carbocycles. The van der Waals surface area contributed by atoms with Gasteiger partial charge in [-0.25, -0.2) is 15.0 Å². The number of piperazine rings is 1. The molecule has 2 aliphatic carbocycles. The molecule has 3 N–H and O–H groups in total. The van der Waals surface area contributed by atoms with Gasteiger partial charge in [-0.2, -0.15) is 4.98 Å². The van der Waals surface area contributed by atoms with Crippen LogP contribution in [0, 0.1) is 12.8 Å². The van der Waals surface area contributed by atoms with Crippen LogP contribution in [-0.4, -0.2) is 122 Å². The number of aryl methyl sites for hydroxylation is 1. The summed E-state index contributed by atoms with van der Waals surface area (Å²) < 4.78 is 7.78. The van der Waals surface area contributed by atoms with Crippen LogP contribution in [0.2, 0.25) is 0 Å². The maximum absolute atomic E-state index is 14.2. The fourth-order valence-electron chi connectivity index (χ4n) is 11.7. The summed E-state index contributed by atoms with van der Waals surface area (Å²) in [5.74, 6) is 1.13. The number of hydrogen-bond donors (Lipinski definition) is 3. The lowest BCUT2D eigenvalue weighted by Gasteiger charge is -2.36. The predicted octanol–water partition coefficient (Wildman–Crippen LogP) is 8.65. The van der Waals surface area contributed by atoms with Gasteiger partial charge < -0.3 is 35.4 Å². The van der Waals surface area contributed by atoms with Crippen LogP contribution in [0.5, 0.6) is 5.75 Å². The summed E-state index contributed by atoms with van der Waals surface area (Å²) in [5.41, 5.74) is 2.86. The average molecular weight is 1070 g/mol. The third-order valence-electron chi connectivity index (χ3n) is 16.2. The van der Waals surface area contributed by atoms with E-state index >= 15 is 0 Å². The number of ether oxygens (including phenoxy) is 1. The summed E-state index contributed by atoms with van der Waals surface area (Å²) in [6.07, 6.45) is 19.1. The zero-order chi connectivity index (χ0) is 54.0. The third kappa shape index (κ3) is 13.1. The van der Waals surface area contributed by atoms with Gasteiger partial charge in [-0.15, -0.1) is 11.3 Å². The van der Waals surface area contributed by atoms with E-state index in [4.69, 9.17) is 14.7 Å². The minimum Gasteiger partial charge on any atom is -0.494 e. The molecular weight excluding hydrogens is 995 g/mol. The van der Waals surface area contributed by atoms with Gasteiger partial charge in [-0.1, -0.05) is 63.5 Å². The molecular formula is C58H75N11O7S. The van der Waals surface area contributed by atoms with E-state index in [0.717, 1.165) is 113 Å². The molecule has 0 bridgehead atoms. The number of rotatable bonds is 22. The second kappa shape index (κ2) is 25.7. The molecule has 0 radical (unpaired) electrons. The van der Waals surface area contributed by atoms with Gasteiger partial charge >= 0.3 is 0 Å². The predicted molar refractivity (Wildman–Crippen MR) is 298 cm³/mol. The van der Waals surface area contributed by atoms with E-state index in [9.17, 15) is 28.8 Å². The molecule has 2 unspecified atom stereocenters. The normalized spacial score (nSPS) is 18.1. The van der Waals surface area contributed by atoms with Crippen LogP contribution in [0.15, 0.2) is 59.0 Å². The molecule has 3 amide bonds. The first-order valence-corrected chi connectivity index (χ1v) is 29.0. The van der Waals surface area contributed by atoms with E-state index in [-0.39, 0.29) is 58.4 Å². The number of carbonyl (C=O) groups excluding carboxylic acids is 5. The zero-order valence-corrected chi connectivity index (χ0v) is 46.0. The van der Waals surface area contributed by atoms with Crippen LogP contribution in [-0.2, 0) is 14.4 Å². The number of Topliss-reactive ketones (excluding diaryl/α,β-unsaturated/α-hetero) is 1. The van der Waals surface area contributed by atoms with Gasteiger partial charge in [-0.3, -0.25) is 33.3 Å². The molecule has 6 heterocycles. The summed E-state index contributed by atoms with van der Waals surface area (Å²) in [5, 5.41) is 12.5. The fourth-order valence-corrected chi connectivity index (χ4v) is 12.6. The molecule has 18 nitrogen and oxygen atoms in total. The van der Waals surface area contributed by atoms with Crippen molar-refractivity contribution in [2.24, 2.45) is 5.92 Å². The molecule has 19 heteroatoms. The number of nitrogens with one attached hydrogen (secondary N) is 3. The molecule has 4 fully saturated rings. The number of carbonyl (C=O) groups is 5. The number of unbranched alkanes of at least 4 members (excludes halogenated alkanes) is 4. The summed E-state index contributed by atoms with van der Waals surface area (Å²) in [6.45, 7) is 8.84. The van der Waals surface area contributed by atoms with E-state index in [1.54, 1.807) is 49.2 Å². The van der Waals surface area contributed by atoms with E-state index in [0.29, 0.717) is 91.1 Å². The van der Waals surface area contributed by atoms with Crippen LogP contribution < -0.4 is 31.1 Å². The van der Waals surface area contributed by atoms with Gasteiger partial charge in [0.15, 0.2) is 5.78 Å². The fraction of sp³-hybridized carbons (Fsp3) is 0.552. The molecule has 2 saturated heterocycles. The highest BCUT2D eigenvalue weighted by atomic mass is 32.1. The molecule has 0 spiro atoms. The number of pyridine rings is 2. The monoisotopic (exact) mass is 1070 g/mol. The van der Waals surface area contributed by atoms with Crippen LogP contribution in [0.1, 0.15) is 172 Å². The lowest BCUT2D eigenvalue weighted by molar-refractivity contribution is -0.139. The van der Waals surface area contributed by atoms with Gasteiger partial charge in [0.2, 0.25) is 29.5 Å². The number of fused-ring (bicyclic) bond motifs is 1. The van der Waals surface area contributed by atoms with Gasteiger partial charge in [0.05, 0.1) is 36.1 Å². The van der Waals surface area contributed by atoms with Gasteiger partial charge in [-0.05, 0) is 115 Å². The van der Waals surface area contributed by atoms with E-state index in [1.807, 2.05) is 40.3 Å². The number of benzene rings is 1. The number of nitrogens with zero attached hydrogens (tertiary/aromatic N) is 8. The van der Waals surface area contributed by atoms with E-state index in [2.05, 4.69) is 30.8 Å². The Bertz CT molecular complexity index is 2960. The number of amides is 3. The van der Waals surface area contributed by atoms with Gasteiger partial charge in [0.1, 0.15) is 34.0 Å². The summed E-state index contributed by atoms with van der Waals surface area (Å²) in [6, 6.07) is 9.86. The van der Waals surface area contributed by atoms with Crippen molar-refractivity contribution >= 4 is 69.1 Å².